The minimum Gasteiger partial charge on any atom is -0.313 e. The van der Waals surface area contributed by atoms with Crippen LogP contribution in [0.4, 0.5) is 0 Å². The van der Waals surface area contributed by atoms with Crippen molar-refractivity contribution in [1.82, 2.24) is 5.32 Å². The van der Waals surface area contributed by atoms with Gasteiger partial charge in [-0.25, -0.2) is 0 Å². The fraction of sp³-hybridized carbons (Fsp3) is 0.625. The van der Waals surface area contributed by atoms with Gasteiger partial charge in [0, 0.05) is 16.1 Å². The Hall–Kier alpha value is -0.240. The number of halogens is 2. The molecule has 0 aliphatic heterocycles. The van der Waals surface area contributed by atoms with Crippen LogP contribution in [0.15, 0.2) is 18.2 Å². The van der Waals surface area contributed by atoms with Crippen molar-refractivity contribution >= 4 is 23.2 Å². The zero-order chi connectivity index (χ0) is 13.8. The molecule has 0 heterocycles. The smallest absolute Gasteiger partial charge is 0.0424 e. The Balaban J connectivity index is 2.11. The van der Waals surface area contributed by atoms with Crippen LogP contribution in [0.2, 0.25) is 10.0 Å². The third-order valence-electron chi connectivity index (χ3n) is 4.50. The molecule has 0 saturated heterocycles. The Bertz CT molecular complexity index is 391. The molecule has 1 aliphatic rings. The lowest BCUT2D eigenvalue weighted by molar-refractivity contribution is 0.224. The first-order valence-corrected chi connectivity index (χ1v) is 8.02. The highest BCUT2D eigenvalue weighted by atomic mass is 35.5. The molecule has 1 N–H and O–H groups in total. The van der Waals surface area contributed by atoms with Gasteiger partial charge in [-0.1, -0.05) is 49.4 Å². The van der Waals surface area contributed by atoms with Gasteiger partial charge in [-0.15, -0.1) is 0 Å². The van der Waals surface area contributed by atoms with E-state index in [1.54, 1.807) is 6.07 Å². The molecule has 1 unspecified atom stereocenters. The molecule has 1 nitrogen and oxygen atoms in total. The molecule has 0 bridgehead atoms. The van der Waals surface area contributed by atoms with Crippen LogP contribution in [0.3, 0.4) is 0 Å². The summed E-state index contributed by atoms with van der Waals surface area (Å²) in [6, 6.07) is 6.25. The maximum Gasteiger partial charge on any atom is 0.0424 e. The molecule has 1 fully saturated rings. The fourth-order valence-corrected chi connectivity index (χ4v) is 3.90. The summed E-state index contributed by atoms with van der Waals surface area (Å²) in [7, 11) is 2.03. The first-order valence-electron chi connectivity index (χ1n) is 7.27. The summed E-state index contributed by atoms with van der Waals surface area (Å²) in [5.41, 5.74) is 1.22. The molecule has 1 aliphatic carbocycles. The van der Waals surface area contributed by atoms with Crippen LogP contribution < -0.4 is 5.32 Å². The number of benzene rings is 1. The average molecular weight is 300 g/mol. The van der Waals surface area contributed by atoms with Crippen LogP contribution in [0, 0.1) is 11.8 Å². The lowest BCUT2D eigenvalue weighted by atomic mass is 9.76. The molecule has 0 spiro atoms. The number of hydrogen-bond donors (Lipinski definition) is 1. The highest BCUT2D eigenvalue weighted by molar-refractivity contribution is 6.34. The van der Waals surface area contributed by atoms with Crippen LogP contribution >= 0.6 is 23.2 Å². The van der Waals surface area contributed by atoms with Gasteiger partial charge in [0.15, 0.2) is 0 Å². The predicted octanol–water partition coefficient (Wildman–Crippen LogP) is 5.47. The lowest BCUT2D eigenvalue weighted by Gasteiger charge is -2.34. The van der Waals surface area contributed by atoms with Crippen molar-refractivity contribution in [3.8, 4) is 0 Å². The van der Waals surface area contributed by atoms with Gasteiger partial charge >= 0.3 is 0 Å². The number of rotatable bonds is 4. The van der Waals surface area contributed by atoms with Gasteiger partial charge in [0.2, 0.25) is 0 Å². The minimum atomic E-state index is 0.369. The molecule has 1 aromatic carbocycles. The van der Waals surface area contributed by atoms with E-state index in [0.717, 1.165) is 16.0 Å². The molecule has 2 rings (SSSR count). The molecule has 1 atom stereocenters. The molecule has 0 amide bonds. The van der Waals surface area contributed by atoms with Crippen molar-refractivity contribution < 1.29 is 0 Å². The number of hydrogen-bond acceptors (Lipinski definition) is 1. The molecule has 3 heteroatoms. The van der Waals surface area contributed by atoms with E-state index >= 15 is 0 Å². The Morgan fingerprint density at radius 3 is 2.16 bits per heavy atom. The fourth-order valence-electron chi connectivity index (χ4n) is 3.36. The van der Waals surface area contributed by atoms with E-state index in [-0.39, 0.29) is 0 Å². The molecule has 19 heavy (non-hydrogen) atoms. The predicted molar refractivity (Wildman–Crippen MR) is 84.0 cm³/mol. The zero-order valence-electron chi connectivity index (χ0n) is 11.8. The van der Waals surface area contributed by atoms with Gasteiger partial charge in [0.1, 0.15) is 0 Å². The lowest BCUT2D eigenvalue weighted by Crippen LogP contribution is -2.28. The van der Waals surface area contributed by atoms with Gasteiger partial charge < -0.3 is 5.32 Å². The Labute approximate surface area is 126 Å². The van der Waals surface area contributed by atoms with Crippen molar-refractivity contribution in [3.05, 3.63) is 33.8 Å². The normalized spacial score (nSPS) is 25.3. The van der Waals surface area contributed by atoms with Crippen molar-refractivity contribution in [3.63, 3.8) is 0 Å². The van der Waals surface area contributed by atoms with Crippen LogP contribution in [0.25, 0.3) is 0 Å². The first-order chi connectivity index (χ1) is 9.13. The van der Waals surface area contributed by atoms with Crippen molar-refractivity contribution in [1.29, 1.82) is 0 Å². The SMILES string of the molecule is CCC1CCC(C(NC)c2cc(Cl)cc(Cl)c2)CC1. The van der Waals surface area contributed by atoms with Crippen LogP contribution in [-0.2, 0) is 0 Å². The van der Waals surface area contributed by atoms with Crippen molar-refractivity contribution in [2.75, 3.05) is 7.05 Å². The summed E-state index contributed by atoms with van der Waals surface area (Å²) in [5, 5.41) is 4.91. The van der Waals surface area contributed by atoms with Gasteiger partial charge in [0.25, 0.3) is 0 Å². The largest absolute Gasteiger partial charge is 0.313 e. The van der Waals surface area contributed by atoms with E-state index in [1.807, 2.05) is 19.2 Å². The zero-order valence-corrected chi connectivity index (χ0v) is 13.3. The van der Waals surface area contributed by atoms with Crippen LogP contribution in [0.5, 0.6) is 0 Å². The quantitative estimate of drug-likeness (QED) is 0.777. The summed E-state index contributed by atoms with van der Waals surface area (Å²) >= 11 is 12.2. The Morgan fingerprint density at radius 1 is 1.11 bits per heavy atom. The van der Waals surface area contributed by atoms with E-state index in [9.17, 15) is 0 Å². The van der Waals surface area contributed by atoms with E-state index in [4.69, 9.17) is 23.2 Å². The topological polar surface area (TPSA) is 12.0 Å². The van der Waals surface area contributed by atoms with Crippen LogP contribution in [0.1, 0.15) is 50.6 Å². The van der Waals surface area contributed by atoms with Crippen LogP contribution in [-0.4, -0.2) is 7.05 Å². The molecule has 1 saturated carbocycles. The standard InChI is InChI=1S/C16H23Cl2N/c1-3-11-4-6-12(7-5-11)16(19-2)13-8-14(17)10-15(18)9-13/h8-12,16,19H,3-7H2,1-2H3. The Morgan fingerprint density at radius 2 is 1.68 bits per heavy atom. The van der Waals surface area contributed by atoms with E-state index < -0.39 is 0 Å². The van der Waals surface area contributed by atoms with Gasteiger partial charge in [0.05, 0.1) is 0 Å². The highest BCUT2D eigenvalue weighted by Gasteiger charge is 2.27. The van der Waals surface area contributed by atoms with Gasteiger partial charge in [-0.2, -0.15) is 0 Å². The maximum absolute atomic E-state index is 6.12. The third kappa shape index (κ3) is 3.87. The second kappa shape index (κ2) is 6.97. The van der Waals surface area contributed by atoms with Gasteiger partial charge in [-0.3, -0.25) is 0 Å². The summed E-state index contributed by atoms with van der Waals surface area (Å²) in [6.07, 6.45) is 6.63. The highest BCUT2D eigenvalue weighted by Crippen LogP contribution is 2.38. The summed E-state index contributed by atoms with van der Waals surface area (Å²) < 4.78 is 0. The van der Waals surface area contributed by atoms with Crippen molar-refractivity contribution in [2.45, 2.75) is 45.1 Å². The molecular formula is C16H23Cl2N. The van der Waals surface area contributed by atoms with E-state index in [0.29, 0.717) is 12.0 Å². The molecule has 0 aromatic heterocycles. The second-order valence-electron chi connectivity index (χ2n) is 5.66. The van der Waals surface area contributed by atoms with Gasteiger partial charge in [-0.05, 0) is 55.5 Å². The third-order valence-corrected chi connectivity index (χ3v) is 4.93. The molecule has 1 aromatic rings. The first kappa shape index (κ1) is 15.2. The summed E-state index contributed by atoms with van der Waals surface area (Å²) in [5.74, 6) is 1.62. The summed E-state index contributed by atoms with van der Waals surface area (Å²) in [4.78, 5) is 0. The molecule has 0 radical (unpaired) electrons. The number of nitrogens with one attached hydrogen (secondary N) is 1. The van der Waals surface area contributed by atoms with Crippen molar-refractivity contribution in [2.24, 2.45) is 11.8 Å². The molecular weight excluding hydrogens is 277 g/mol. The maximum atomic E-state index is 6.12. The average Bonchev–Trinajstić information content (AvgIpc) is 2.39. The monoisotopic (exact) mass is 299 g/mol. The second-order valence-corrected chi connectivity index (χ2v) is 6.53. The van der Waals surface area contributed by atoms with E-state index in [1.165, 1.54) is 37.7 Å². The van der Waals surface area contributed by atoms with E-state index in [2.05, 4.69) is 12.2 Å². The summed E-state index contributed by atoms with van der Waals surface area (Å²) in [6.45, 7) is 2.30. The Kier molecular flexibility index (Phi) is 5.56. The molecule has 106 valence electrons. The minimum absolute atomic E-state index is 0.369.